The first-order chi connectivity index (χ1) is 5.24. The molecule has 1 heterocycles. The first-order valence-corrected chi connectivity index (χ1v) is 3.21. The van der Waals surface area contributed by atoms with E-state index in [4.69, 9.17) is 11.0 Å². The Hall–Kier alpha value is -1.34. The van der Waals surface area contributed by atoms with Gasteiger partial charge in [0, 0.05) is 5.69 Å². The molecule has 0 fully saturated rings. The van der Waals surface area contributed by atoms with E-state index in [0.29, 0.717) is 5.69 Å². The molecule has 0 radical (unpaired) electrons. The smallest absolute Gasteiger partial charge is 0.191 e. The lowest BCUT2D eigenvalue weighted by Gasteiger charge is -2.02. The predicted molar refractivity (Wildman–Crippen MR) is 37.9 cm³/mol. The van der Waals surface area contributed by atoms with Crippen LogP contribution in [-0.4, -0.2) is 4.98 Å². The SMILES string of the molecule is N#CC[C@@H](N)c1ccc(F)[nH]1. The van der Waals surface area contributed by atoms with Gasteiger partial charge in [-0.05, 0) is 12.1 Å². The van der Waals surface area contributed by atoms with Crippen LogP contribution in [0.15, 0.2) is 12.1 Å². The number of H-pyrrole nitrogens is 1. The van der Waals surface area contributed by atoms with Crippen LogP contribution < -0.4 is 5.73 Å². The Balaban J connectivity index is 2.70. The van der Waals surface area contributed by atoms with Gasteiger partial charge in [0.05, 0.1) is 18.5 Å². The zero-order valence-electron chi connectivity index (χ0n) is 5.84. The third-order valence-electron chi connectivity index (χ3n) is 1.38. The van der Waals surface area contributed by atoms with Gasteiger partial charge in [0.25, 0.3) is 0 Å². The molecule has 0 unspecified atom stereocenters. The topological polar surface area (TPSA) is 65.6 Å². The van der Waals surface area contributed by atoms with E-state index in [1.54, 1.807) is 0 Å². The van der Waals surface area contributed by atoms with Crippen LogP contribution in [0.2, 0.25) is 0 Å². The van der Waals surface area contributed by atoms with E-state index in [1.165, 1.54) is 12.1 Å². The van der Waals surface area contributed by atoms with Crippen molar-refractivity contribution in [2.75, 3.05) is 0 Å². The third kappa shape index (κ3) is 1.79. The summed E-state index contributed by atoms with van der Waals surface area (Å²) in [5, 5.41) is 8.27. The summed E-state index contributed by atoms with van der Waals surface area (Å²) in [5.41, 5.74) is 6.06. The van der Waals surface area contributed by atoms with Gasteiger partial charge in [0.2, 0.25) is 0 Å². The molecule has 1 atom stereocenters. The number of aromatic amines is 1. The van der Waals surface area contributed by atoms with Crippen molar-refractivity contribution < 1.29 is 4.39 Å². The second kappa shape index (κ2) is 3.17. The van der Waals surface area contributed by atoms with E-state index >= 15 is 0 Å². The van der Waals surface area contributed by atoms with Gasteiger partial charge >= 0.3 is 0 Å². The van der Waals surface area contributed by atoms with Gasteiger partial charge in [-0.2, -0.15) is 9.65 Å². The maximum Gasteiger partial charge on any atom is 0.191 e. The summed E-state index contributed by atoms with van der Waals surface area (Å²) in [5.74, 6) is -0.423. The highest BCUT2D eigenvalue weighted by Gasteiger charge is 2.06. The molecule has 0 saturated carbocycles. The number of halogens is 1. The average molecular weight is 153 g/mol. The molecule has 1 rings (SSSR count). The van der Waals surface area contributed by atoms with Crippen LogP contribution in [0.4, 0.5) is 4.39 Å². The molecule has 58 valence electrons. The molecule has 0 aromatic carbocycles. The molecule has 3 N–H and O–H groups in total. The van der Waals surface area contributed by atoms with Gasteiger partial charge in [-0.3, -0.25) is 0 Å². The number of nitrogens with two attached hydrogens (primary N) is 1. The minimum atomic E-state index is -0.423. The number of nitrogens with zero attached hydrogens (tertiary/aromatic N) is 1. The molecule has 0 amide bonds. The van der Waals surface area contributed by atoms with Crippen molar-refractivity contribution in [2.45, 2.75) is 12.5 Å². The molecular formula is C7H8FN3. The van der Waals surface area contributed by atoms with Gasteiger partial charge in [-0.1, -0.05) is 0 Å². The first-order valence-electron chi connectivity index (χ1n) is 3.21. The largest absolute Gasteiger partial charge is 0.334 e. The van der Waals surface area contributed by atoms with Crippen molar-refractivity contribution in [2.24, 2.45) is 5.73 Å². The fourth-order valence-corrected chi connectivity index (χ4v) is 0.809. The summed E-state index contributed by atoms with van der Waals surface area (Å²) in [4.78, 5) is 2.42. The second-order valence-electron chi connectivity index (χ2n) is 2.23. The number of hydrogen-bond donors (Lipinski definition) is 2. The van der Waals surface area contributed by atoms with E-state index in [-0.39, 0.29) is 6.42 Å². The van der Waals surface area contributed by atoms with Crippen LogP contribution in [0, 0.1) is 17.3 Å². The van der Waals surface area contributed by atoms with E-state index in [0.717, 1.165) is 0 Å². The van der Waals surface area contributed by atoms with Gasteiger partial charge in [0.15, 0.2) is 5.95 Å². The Kier molecular flexibility index (Phi) is 2.24. The number of nitrogens with one attached hydrogen (secondary N) is 1. The molecule has 1 aromatic rings. The zero-order chi connectivity index (χ0) is 8.27. The number of rotatable bonds is 2. The summed E-state index contributed by atoms with van der Waals surface area (Å²) in [6, 6.07) is 4.32. The highest BCUT2D eigenvalue weighted by molar-refractivity contribution is 5.10. The van der Waals surface area contributed by atoms with Crippen molar-refractivity contribution in [1.82, 2.24) is 4.98 Å². The molecule has 0 aliphatic carbocycles. The summed E-state index contributed by atoms with van der Waals surface area (Å²) in [6.45, 7) is 0. The Morgan fingerprint density at radius 2 is 2.45 bits per heavy atom. The normalized spacial score (nSPS) is 12.5. The van der Waals surface area contributed by atoms with Crippen LogP contribution in [0.5, 0.6) is 0 Å². The van der Waals surface area contributed by atoms with E-state index in [2.05, 4.69) is 4.98 Å². The lowest BCUT2D eigenvalue weighted by molar-refractivity contribution is 0.580. The Labute approximate surface area is 63.6 Å². The third-order valence-corrected chi connectivity index (χ3v) is 1.38. The molecule has 0 saturated heterocycles. The van der Waals surface area contributed by atoms with Gasteiger partial charge in [-0.15, -0.1) is 0 Å². The number of aromatic nitrogens is 1. The maximum atomic E-state index is 12.3. The van der Waals surface area contributed by atoms with Crippen molar-refractivity contribution in [3.8, 4) is 6.07 Å². The van der Waals surface area contributed by atoms with Crippen molar-refractivity contribution >= 4 is 0 Å². The Morgan fingerprint density at radius 3 is 2.91 bits per heavy atom. The van der Waals surface area contributed by atoms with Crippen LogP contribution in [0.3, 0.4) is 0 Å². The molecule has 11 heavy (non-hydrogen) atoms. The van der Waals surface area contributed by atoms with Crippen molar-refractivity contribution in [3.63, 3.8) is 0 Å². The van der Waals surface area contributed by atoms with Crippen molar-refractivity contribution in [1.29, 1.82) is 5.26 Å². The molecule has 0 bridgehead atoms. The van der Waals surface area contributed by atoms with E-state index < -0.39 is 12.0 Å². The highest BCUT2D eigenvalue weighted by atomic mass is 19.1. The van der Waals surface area contributed by atoms with Crippen LogP contribution in [0.1, 0.15) is 18.2 Å². The lowest BCUT2D eigenvalue weighted by Crippen LogP contribution is -2.09. The Morgan fingerprint density at radius 1 is 1.73 bits per heavy atom. The van der Waals surface area contributed by atoms with Crippen LogP contribution in [0.25, 0.3) is 0 Å². The lowest BCUT2D eigenvalue weighted by atomic mass is 10.2. The van der Waals surface area contributed by atoms with Crippen LogP contribution >= 0.6 is 0 Å². The predicted octanol–water partition coefficient (Wildman–Crippen LogP) is 1.07. The average Bonchev–Trinajstić information content (AvgIpc) is 2.36. The van der Waals surface area contributed by atoms with Crippen molar-refractivity contribution in [3.05, 3.63) is 23.8 Å². The molecule has 0 aliphatic rings. The molecular weight excluding hydrogens is 145 g/mol. The fourth-order valence-electron chi connectivity index (χ4n) is 0.809. The van der Waals surface area contributed by atoms with E-state index in [9.17, 15) is 4.39 Å². The molecule has 3 nitrogen and oxygen atoms in total. The molecule has 4 heteroatoms. The second-order valence-corrected chi connectivity index (χ2v) is 2.23. The first kappa shape index (κ1) is 7.76. The maximum absolute atomic E-state index is 12.3. The zero-order valence-corrected chi connectivity index (χ0v) is 5.84. The van der Waals surface area contributed by atoms with Gasteiger partial charge in [-0.25, -0.2) is 0 Å². The Bertz CT molecular complexity index is 273. The fraction of sp³-hybridized carbons (Fsp3) is 0.286. The minimum Gasteiger partial charge on any atom is -0.334 e. The monoisotopic (exact) mass is 153 g/mol. The summed E-state index contributed by atoms with van der Waals surface area (Å²) in [6.07, 6.45) is 0.194. The minimum absolute atomic E-state index is 0.194. The number of nitriles is 1. The summed E-state index contributed by atoms with van der Waals surface area (Å²) >= 11 is 0. The number of hydrogen-bond acceptors (Lipinski definition) is 2. The highest BCUT2D eigenvalue weighted by Crippen LogP contribution is 2.11. The van der Waals surface area contributed by atoms with E-state index in [1.807, 2.05) is 6.07 Å². The van der Waals surface area contributed by atoms with Gasteiger partial charge in [0.1, 0.15) is 0 Å². The molecule has 1 aromatic heterocycles. The molecule has 0 aliphatic heterocycles. The summed E-state index contributed by atoms with van der Waals surface area (Å²) in [7, 11) is 0. The summed E-state index contributed by atoms with van der Waals surface area (Å²) < 4.78 is 12.3. The molecule has 0 spiro atoms. The van der Waals surface area contributed by atoms with Crippen LogP contribution in [-0.2, 0) is 0 Å². The standard InChI is InChI=1S/C7H8FN3/c8-7-2-1-6(11-7)5(10)3-4-9/h1-2,5,11H,3,10H2/t5-/m1/s1. The quantitative estimate of drug-likeness (QED) is 0.667. The van der Waals surface area contributed by atoms with Gasteiger partial charge < -0.3 is 10.7 Å².